The third-order valence-corrected chi connectivity index (χ3v) is 17.4. The van der Waals surface area contributed by atoms with E-state index in [0.29, 0.717) is 96.6 Å². The van der Waals surface area contributed by atoms with Crippen LogP contribution in [0.1, 0.15) is 361 Å². The summed E-state index contributed by atoms with van der Waals surface area (Å²) in [6.45, 7) is 17.1. The topological polar surface area (TPSA) is 121 Å². The molecule has 0 aliphatic heterocycles. The van der Waals surface area contributed by atoms with Gasteiger partial charge >= 0.3 is 0 Å². The van der Waals surface area contributed by atoms with Gasteiger partial charge in [0.15, 0.2) is 23.0 Å². The molecule has 3 aromatic carbocycles. The molecular weight excluding hydrogens is 1120 g/mol. The number of aliphatic imine (C=N–C) groups is 2. The minimum atomic E-state index is -0.0332. The van der Waals surface area contributed by atoms with Crippen molar-refractivity contribution in [1.29, 1.82) is 0 Å². The molecular formula is C80H136N2O8. The summed E-state index contributed by atoms with van der Waals surface area (Å²) in [5, 5.41) is 23.2. The smallest absolute Gasteiger partial charge is 0.203 e. The van der Waals surface area contributed by atoms with E-state index < -0.39 is 0 Å². The summed E-state index contributed by atoms with van der Waals surface area (Å²) in [6, 6.07) is 10.8. The molecule has 0 amide bonds. The highest BCUT2D eigenvalue weighted by Crippen LogP contribution is 2.44. The van der Waals surface area contributed by atoms with Crippen molar-refractivity contribution < 1.29 is 38.6 Å². The Morgan fingerprint density at radius 3 is 0.622 bits per heavy atom. The second-order valence-electron chi connectivity index (χ2n) is 26.0. The fraction of sp³-hybridized carbons (Fsp3) is 0.750. The maximum Gasteiger partial charge on any atom is 0.203 e. The van der Waals surface area contributed by atoms with E-state index in [1.165, 1.54) is 231 Å². The fourth-order valence-corrected chi connectivity index (χ4v) is 11.6. The van der Waals surface area contributed by atoms with Gasteiger partial charge in [-0.25, -0.2) is 0 Å². The van der Waals surface area contributed by atoms with Crippen LogP contribution >= 0.6 is 0 Å². The number of hydrogen-bond donors (Lipinski definition) is 2. The van der Waals surface area contributed by atoms with Crippen LogP contribution in [0.4, 0.5) is 11.4 Å². The van der Waals surface area contributed by atoms with Gasteiger partial charge in [-0.3, -0.25) is 9.98 Å². The molecule has 514 valence electrons. The third-order valence-electron chi connectivity index (χ3n) is 17.4. The highest BCUT2D eigenvalue weighted by atomic mass is 16.5. The van der Waals surface area contributed by atoms with Gasteiger partial charge in [-0.15, -0.1) is 0 Å². The first kappa shape index (κ1) is 79.6. The van der Waals surface area contributed by atoms with Crippen LogP contribution in [0, 0.1) is 0 Å². The van der Waals surface area contributed by atoms with E-state index in [0.717, 1.165) is 77.0 Å². The predicted octanol–water partition coefficient (Wildman–Crippen LogP) is 25.7. The predicted molar refractivity (Wildman–Crippen MR) is 386 cm³/mol. The average molecular weight is 1250 g/mol. The zero-order valence-corrected chi connectivity index (χ0v) is 59.0. The molecule has 0 atom stereocenters. The summed E-state index contributed by atoms with van der Waals surface area (Å²) in [5.74, 6) is 3.73. The molecule has 0 saturated heterocycles. The average Bonchev–Trinajstić information content (AvgIpc) is 1.52. The number of unbranched alkanes of at least 4 members (excludes halogenated alkanes) is 42. The number of ether oxygens (including phenoxy) is 6. The number of phenols is 2. The van der Waals surface area contributed by atoms with Gasteiger partial charge in [-0.2, -0.15) is 0 Å². The van der Waals surface area contributed by atoms with Crippen molar-refractivity contribution in [2.45, 2.75) is 350 Å². The van der Waals surface area contributed by atoms with E-state index in [9.17, 15) is 10.2 Å². The molecule has 0 unspecified atom stereocenters. The van der Waals surface area contributed by atoms with E-state index >= 15 is 0 Å². The van der Waals surface area contributed by atoms with Crippen molar-refractivity contribution in [2.24, 2.45) is 9.98 Å². The fourth-order valence-electron chi connectivity index (χ4n) is 11.6. The molecule has 2 N–H and O–H groups in total. The van der Waals surface area contributed by atoms with Crippen LogP contribution in [0.2, 0.25) is 0 Å². The van der Waals surface area contributed by atoms with E-state index in [4.69, 9.17) is 38.4 Å². The van der Waals surface area contributed by atoms with Gasteiger partial charge in [0.2, 0.25) is 11.5 Å². The SMILES string of the molecule is CCCCCCCCCCOc1cc(N=Cc2cc(O)c(C=Nc3cc(OCCCCCCCCCC)c(OCCCCCCCCCC)c(OCCCCCCCCCC)c3)cc2O)cc(OCCCCCCCCCC)c1OCCCCCCCCCC. The lowest BCUT2D eigenvalue weighted by Gasteiger charge is -2.18. The van der Waals surface area contributed by atoms with Gasteiger partial charge < -0.3 is 38.6 Å². The molecule has 0 heterocycles. The molecule has 3 aromatic rings. The van der Waals surface area contributed by atoms with Crippen molar-refractivity contribution in [3.8, 4) is 46.0 Å². The zero-order valence-electron chi connectivity index (χ0n) is 59.0. The zero-order chi connectivity index (χ0) is 64.4. The summed E-state index contributed by atoms with van der Waals surface area (Å²) in [7, 11) is 0. The van der Waals surface area contributed by atoms with Crippen LogP contribution in [0.15, 0.2) is 46.4 Å². The highest BCUT2D eigenvalue weighted by Gasteiger charge is 2.19. The van der Waals surface area contributed by atoms with E-state index in [1.807, 2.05) is 24.3 Å². The normalized spacial score (nSPS) is 11.6. The van der Waals surface area contributed by atoms with Gasteiger partial charge in [-0.1, -0.05) is 311 Å². The van der Waals surface area contributed by atoms with Crippen LogP contribution in [0.5, 0.6) is 46.0 Å². The molecule has 0 aromatic heterocycles. The minimum absolute atomic E-state index is 0.0332. The van der Waals surface area contributed by atoms with E-state index in [1.54, 1.807) is 24.6 Å². The van der Waals surface area contributed by atoms with Crippen LogP contribution < -0.4 is 28.4 Å². The summed E-state index contributed by atoms with van der Waals surface area (Å²) < 4.78 is 39.7. The van der Waals surface area contributed by atoms with Crippen molar-refractivity contribution in [3.63, 3.8) is 0 Å². The number of aromatic hydroxyl groups is 2. The Bertz CT molecular complexity index is 1970. The van der Waals surface area contributed by atoms with Gasteiger partial charge in [0.05, 0.1) is 51.0 Å². The molecule has 0 fully saturated rings. The molecule has 0 radical (unpaired) electrons. The number of nitrogens with zero attached hydrogens (tertiary/aromatic N) is 2. The number of benzene rings is 3. The van der Waals surface area contributed by atoms with Crippen LogP contribution in [-0.4, -0.2) is 62.3 Å². The Labute approximate surface area is 552 Å². The lowest BCUT2D eigenvalue weighted by atomic mass is 10.1. The van der Waals surface area contributed by atoms with Crippen LogP contribution in [0.25, 0.3) is 0 Å². The standard InChI is InChI=1S/C80H136N2O8/c1-7-13-19-25-31-37-43-49-55-85-75-63-71(64-76(86-56-50-44-38-32-26-20-14-8-2)79(75)89-59-53-47-41-35-29-23-17-11-5)81-67-69-61-74(84)70(62-73(69)83)68-82-72-65-77(87-57-51-45-39-33-27-21-15-9-3)80(90-60-54-48-42-36-30-24-18-12-6)78(66-72)88-58-52-46-40-34-28-22-16-10-4/h61-68,83-84H,7-60H2,1-6H3. The Morgan fingerprint density at radius 1 is 0.244 bits per heavy atom. The van der Waals surface area contributed by atoms with E-state index in [-0.39, 0.29) is 11.5 Å². The molecule has 10 nitrogen and oxygen atoms in total. The molecule has 0 aliphatic rings. The van der Waals surface area contributed by atoms with Gasteiger partial charge in [0.1, 0.15) is 11.5 Å². The first-order chi connectivity index (χ1) is 44.4. The Morgan fingerprint density at radius 2 is 0.422 bits per heavy atom. The molecule has 0 saturated carbocycles. The highest BCUT2D eigenvalue weighted by molar-refractivity contribution is 5.92. The summed E-state index contributed by atoms with van der Waals surface area (Å²) in [6.07, 6.45) is 61.7. The quantitative estimate of drug-likeness (QED) is 0.0326. The maximum atomic E-state index is 11.6. The van der Waals surface area contributed by atoms with Crippen molar-refractivity contribution in [1.82, 2.24) is 0 Å². The molecule has 3 rings (SSSR count). The summed E-state index contributed by atoms with van der Waals surface area (Å²) in [4.78, 5) is 9.81. The van der Waals surface area contributed by atoms with Gasteiger partial charge in [0.25, 0.3) is 0 Å². The third kappa shape index (κ3) is 39.7. The summed E-state index contributed by atoms with van der Waals surface area (Å²) in [5.41, 5.74) is 1.96. The number of phenolic OH excluding ortho intramolecular Hbond substituents is 2. The number of hydrogen-bond acceptors (Lipinski definition) is 10. The Balaban J connectivity index is 1.95. The Hall–Kier alpha value is -4.60. The van der Waals surface area contributed by atoms with Crippen molar-refractivity contribution in [2.75, 3.05) is 39.6 Å². The molecule has 10 heteroatoms. The van der Waals surface area contributed by atoms with Gasteiger partial charge in [0, 0.05) is 47.8 Å². The minimum Gasteiger partial charge on any atom is -0.507 e. The van der Waals surface area contributed by atoms with Crippen molar-refractivity contribution >= 4 is 23.8 Å². The monoisotopic (exact) mass is 1250 g/mol. The first-order valence-corrected chi connectivity index (χ1v) is 38.2. The second kappa shape index (κ2) is 57.1. The second-order valence-corrected chi connectivity index (χ2v) is 26.0. The largest absolute Gasteiger partial charge is 0.507 e. The number of rotatable bonds is 64. The molecule has 90 heavy (non-hydrogen) atoms. The molecule has 0 spiro atoms. The van der Waals surface area contributed by atoms with Gasteiger partial charge in [-0.05, 0) is 50.7 Å². The van der Waals surface area contributed by atoms with E-state index in [2.05, 4.69) is 41.5 Å². The molecule has 0 aliphatic carbocycles. The summed E-state index contributed by atoms with van der Waals surface area (Å²) >= 11 is 0. The lowest BCUT2D eigenvalue weighted by molar-refractivity contribution is 0.234. The lowest BCUT2D eigenvalue weighted by Crippen LogP contribution is -2.06. The Kier molecular flexibility index (Phi) is 50.5. The van der Waals surface area contributed by atoms with Crippen LogP contribution in [-0.2, 0) is 0 Å². The van der Waals surface area contributed by atoms with Crippen LogP contribution in [0.3, 0.4) is 0 Å². The van der Waals surface area contributed by atoms with Crippen molar-refractivity contribution in [3.05, 3.63) is 47.5 Å². The molecule has 0 bridgehead atoms. The first-order valence-electron chi connectivity index (χ1n) is 38.2. The maximum absolute atomic E-state index is 11.6.